The van der Waals surface area contributed by atoms with E-state index in [-0.39, 0.29) is 11.1 Å². The van der Waals surface area contributed by atoms with E-state index < -0.39 is 51.9 Å². The molecule has 1 amide bonds. The number of amides is 1. The van der Waals surface area contributed by atoms with Gasteiger partial charge in [-0.15, -0.1) is 0 Å². The Hall–Kier alpha value is -4.21. The van der Waals surface area contributed by atoms with E-state index >= 15 is 0 Å². The number of nitrogens with zero attached hydrogens (tertiary/aromatic N) is 3. The van der Waals surface area contributed by atoms with Crippen molar-refractivity contribution in [3.05, 3.63) is 95.1 Å². The van der Waals surface area contributed by atoms with Crippen molar-refractivity contribution < 1.29 is 27.2 Å². The van der Waals surface area contributed by atoms with E-state index in [2.05, 4.69) is 20.3 Å². The fourth-order valence-corrected chi connectivity index (χ4v) is 2.81. The summed E-state index contributed by atoms with van der Waals surface area (Å²) in [5, 5.41) is 2.05. The molecule has 1 N–H and O–H groups in total. The zero-order valence-corrected chi connectivity index (χ0v) is 15.4. The van der Waals surface area contributed by atoms with Crippen LogP contribution >= 0.6 is 0 Å². The second kappa shape index (κ2) is 7.90. The summed E-state index contributed by atoms with van der Waals surface area (Å²) in [7, 11) is 0. The van der Waals surface area contributed by atoms with E-state index in [1.807, 2.05) is 0 Å². The third-order valence-electron chi connectivity index (χ3n) is 4.33. The van der Waals surface area contributed by atoms with Crippen molar-refractivity contribution in [2.45, 2.75) is 0 Å². The van der Waals surface area contributed by atoms with Crippen molar-refractivity contribution in [1.82, 2.24) is 15.0 Å². The summed E-state index contributed by atoms with van der Waals surface area (Å²) < 4.78 is 56.4. The number of benzene rings is 2. The van der Waals surface area contributed by atoms with Crippen molar-refractivity contribution in [2.24, 2.45) is 0 Å². The fourth-order valence-electron chi connectivity index (χ4n) is 2.81. The van der Waals surface area contributed by atoms with Gasteiger partial charge in [0.05, 0.1) is 17.4 Å². The van der Waals surface area contributed by atoms with Crippen molar-refractivity contribution in [1.29, 1.82) is 0 Å². The van der Waals surface area contributed by atoms with Gasteiger partial charge >= 0.3 is 0 Å². The van der Waals surface area contributed by atoms with Crippen LogP contribution in [-0.2, 0) is 0 Å². The smallest absolute Gasteiger partial charge is 0.255 e. The van der Waals surface area contributed by atoms with E-state index in [0.29, 0.717) is 11.6 Å². The van der Waals surface area contributed by atoms with Crippen LogP contribution in [0.3, 0.4) is 0 Å². The number of carbonyl (C=O) groups excluding carboxylic acids is 2. The zero-order chi connectivity index (χ0) is 22.1. The Morgan fingerprint density at radius 1 is 0.806 bits per heavy atom. The maximum Gasteiger partial charge on any atom is 0.255 e. The number of rotatable bonds is 4. The predicted molar refractivity (Wildman–Crippen MR) is 101 cm³/mol. The van der Waals surface area contributed by atoms with Crippen molar-refractivity contribution in [2.75, 3.05) is 5.32 Å². The Morgan fingerprint density at radius 3 is 2.19 bits per heavy atom. The first kappa shape index (κ1) is 20.1. The number of halogens is 4. The molecule has 0 saturated heterocycles. The lowest BCUT2D eigenvalue weighted by Crippen LogP contribution is -2.17. The van der Waals surface area contributed by atoms with Crippen LogP contribution in [0, 0.1) is 23.3 Å². The Kier molecular flexibility index (Phi) is 5.12. The van der Waals surface area contributed by atoms with E-state index in [1.165, 1.54) is 18.6 Å². The minimum atomic E-state index is -1.73. The standard InChI is InChI=1S/C21H10F4N4O2/c22-11-3-1-10(2-4-11)21(31)29-14-7-12(23)18(24)17(19(14)25)20(30)15-8-13-16(9-28-15)27-6-5-26-13/h1-9H,(H,29,31). The van der Waals surface area contributed by atoms with Gasteiger partial charge in [-0.3, -0.25) is 24.5 Å². The molecule has 31 heavy (non-hydrogen) atoms. The van der Waals surface area contributed by atoms with E-state index in [9.17, 15) is 27.2 Å². The van der Waals surface area contributed by atoms with Gasteiger partial charge in [-0.05, 0) is 30.3 Å². The van der Waals surface area contributed by atoms with Gasteiger partial charge in [-0.1, -0.05) is 0 Å². The number of fused-ring (bicyclic) bond motifs is 1. The minimum Gasteiger partial charge on any atom is -0.319 e. The molecule has 2 heterocycles. The minimum absolute atomic E-state index is 0.0619. The summed E-state index contributed by atoms with van der Waals surface area (Å²) >= 11 is 0. The summed E-state index contributed by atoms with van der Waals surface area (Å²) in [5.41, 5.74) is -1.88. The molecule has 0 unspecified atom stereocenters. The van der Waals surface area contributed by atoms with Gasteiger partial charge in [-0.2, -0.15) is 0 Å². The SMILES string of the molecule is O=C(Nc1cc(F)c(F)c(C(=O)c2cc3nccnc3cn2)c1F)c1ccc(F)cc1. The molecule has 0 radical (unpaired) electrons. The third kappa shape index (κ3) is 3.82. The second-order valence-corrected chi connectivity index (χ2v) is 6.31. The van der Waals surface area contributed by atoms with Crippen molar-refractivity contribution in [3.8, 4) is 0 Å². The number of nitrogens with one attached hydrogen (secondary N) is 1. The lowest BCUT2D eigenvalue weighted by Gasteiger charge is -2.11. The predicted octanol–water partition coefficient (Wildman–Crippen LogP) is 4.06. The molecular weight excluding hydrogens is 416 g/mol. The normalized spacial score (nSPS) is 10.8. The van der Waals surface area contributed by atoms with Gasteiger partial charge < -0.3 is 5.32 Å². The highest BCUT2D eigenvalue weighted by Crippen LogP contribution is 2.27. The van der Waals surface area contributed by atoms with Crippen LogP contribution in [0.1, 0.15) is 26.4 Å². The molecule has 6 nitrogen and oxygen atoms in total. The van der Waals surface area contributed by atoms with Gasteiger partial charge in [0.1, 0.15) is 22.6 Å². The molecular formula is C21H10F4N4O2. The van der Waals surface area contributed by atoms with E-state index in [0.717, 1.165) is 30.3 Å². The monoisotopic (exact) mass is 426 g/mol. The molecule has 4 rings (SSSR count). The molecule has 0 atom stereocenters. The maximum atomic E-state index is 14.9. The highest BCUT2D eigenvalue weighted by atomic mass is 19.2. The number of hydrogen-bond donors (Lipinski definition) is 1. The summed E-state index contributed by atoms with van der Waals surface area (Å²) in [5.74, 6) is -7.54. The molecule has 0 aliphatic rings. The largest absolute Gasteiger partial charge is 0.319 e. The number of pyridine rings is 1. The van der Waals surface area contributed by atoms with Gasteiger partial charge in [0.15, 0.2) is 17.5 Å². The molecule has 4 aromatic rings. The first-order chi connectivity index (χ1) is 14.8. The number of carbonyl (C=O) groups is 2. The average molecular weight is 426 g/mol. The Labute approximate surface area is 171 Å². The first-order valence-corrected chi connectivity index (χ1v) is 8.71. The van der Waals surface area contributed by atoms with Crippen LogP contribution < -0.4 is 5.32 Å². The van der Waals surface area contributed by atoms with Crippen LogP contribution in [-0.4, -0.2) is 26.6 Å². The Morgan fingerprint density at radius 2 is 1.48 bits per heavy atom. The molecule has 2 aromatic carbocycles. The van der Waals surface area contributed by atoms with Gasteiger partial charge in [0, 0.05) is 24.0 Å². The Bertz CT molecular complexity index is 1340. The van der Waals surface area contributed by atoms with Crippen LogP contribution in [0.4, 0.5) is 23.2 Å². The highest BCUT2D eigenvalue weighted by Gasteiger charge is 2.27. The first-order valence-electron chi connectivity index (χ1n) is 8.71. The lowest BCUT2D eigenvalue weighted by atomic mass is 10.0. The average Bonchev–Trinajstić information content (AvgIpc) is 2.77. The molecule has 10 heteroatoms. The van der Waals surface area contributed by atoms with Crippen molar-refractivity contribution in [3.63, 3.8) is 0 Å². The van der Waals surface area contributed by atoms with Crippen LogP contribution in [0.25, 0.3) is 11.0 Å². The van der Waals surface area contributed by atoms with Gasteiger partial charge in [0.2, 0.25) is 5.78 Å². The number of ketones is 1. The molecule has 0 fully saturated rings. The fraction of sp³-hybridized carbons (Fsp3) is 0. The summed E-state index contributed by atoms with van der Waals surface area (Å²) in [6.07, 6.45) is 3.93. The van der Waals surface area contributed by atoms with Gasteiger partial charge in [0.25, 0.3) is 5.91 Å². The Balaban J connectivity index is 1.73. The summed E-state index contributed by atoms with van der Waals surface area (Å²) in [6, 6.07) is 5.80. The molecule has 154 valence electrons. The molecule has 0 aliphatic carbocycles. The van der Waals surface area contributed by atoms with E-state index in [4.69, 9.17) is 0 Å². The lowest BCUT2D eigenvalue weighted by molar-refractivity contribution is 0.101. The molecule has 0 saturated carbocycles. The highest BCUT2D eigenvalue weighted by molar-refractivity contribution is 6.10. The third-order valence-corrected chi connectivity index (χ3v) is 4.33. The van der Waals surface area contributed by atoms with Crippen LogP contribution in [0.5, 0.6) is 0 Å². The molecule has 0 bridgehead atoms. The van der Waals surface area contributed by atoms with Gasteiger partial charge in [-0.25, -0.2) is 17.6 Å². The van der Waals surface area contributed by atoms with E-state index in [1.54, 1.807) is 0 Å². The number of aromatic nitrogens is 3. The molecule has 2 aromatic heterocycles. The van der Waals surface area contributed by atoms with Crippen LogP contribution in [0.2, 0.25) is 0 Å². The number of hydrogen-bond acceptors (Lipinski definition) is 5. The molecule has 0 spiro atoms. The molecule has 0 aliphatic heterocycles. The summed E-state index contributed by atoms with van der Waals surface area (Å²) in [4.78, 5) is 36.7. The van der Waals surface area contributed by atoms with Crippen LogP contribution in [0.15, 0.2) is 55.0 Å². The zero-order valence-electron chi connectivity index (χ0n) is 15.4. The second-order valence-electron chi connectivity index (χ2n) is 6.31. The topological polar surface area (TPSA) is 84.8 Å². The quantitative estimate of drug-likeness (QED) is 0.302. The van der Waals surface area contributed by atoms with Crippen molar-refractivity contribution >= 4 is 28.4 Å². The summed E-state index contributed by atoms with van der Waals surface area (Å²) in [6.45, 7) is 0. The maximum absolute atomic E-state index is 14.9. The number of anilines is 1.